The monoisotopic (exact) mass is 360 g/mol. The van der Waals surface area contributed by atoms with Crippen LogP contribution in [0.2, 0.25) is 0 Å². The Morgan fingerprint density at radius 1 is 1.04 bits per heavy atom. The average Bonchev–Trinajstić information content (AvgIpc) is 2.57. The van der Waals surface area contributed by atoms with Gasteiger partial charge in [0.2, 0.25) is 0 Å². The summed E-state index contributed by atoms with van der Waals surface area (Å²) in [7, 11) is 0. The van der Waals surface area contributed by atoms with Crippen LogP contribution in [0.5, 0.6) is 5.75 Å². The lowest BCUT2D eigenvalue weighted by molar-refractivity contribution is -0.142. The van der Waals surface area contributed by atoms with Crippen molar-refractivity contribution in [2.75, 3.05) is 6.61 Å². The molecule has 1 atom stereocenters. The maximum Gasteiger partial charge on any atom is 0.324 e. The molecule has 0 N–H and O–H groups in total. The summed E-state index contributed by atoms with van der Waals surface area (Å²) in [4.78, 5) is 11.6. The van der Waals surface area contributed by atoms with Crippen LogP contribution in [0.4, 0.5) is 0 Å². The van der Waals surface area contributed by atoms with Crippen molar-refractivity contribution in [1.82, 2.24) is 0 Å². The lowest BCUT2D eigenvalue weighted by Crippen LogP contribution is -2.30. The van der Waals surface area contributed by atoms with Gasteiger partial charge in [0.15, 0.2) is 0 Å². The number of carbonyl (C=O) groups excluding carboxylic acids is 1. The molecule has 0 heterocycles. The van der Waals surface area contributed by atoms with Crippen LogP contribution >= 0.6 is 11.6 Å². The summed E-state index contributed by atoms with van der Waals surface area (Å²) >= 11 is 6.08. The maximum atomic E-state index is 11.6. The first-order valence-corrected chi connectivity index (χ1v) is 8.96. The van der Waals surface area contributed by atoms with Crippen molar-refractivity contribution in [3.63, 3.8) is 0 Å². The molecule has 0 fully saturated rings. The zero-order valence-electron chi connectivity index (χ0n) is 15.0. The minimum Gasteiger partial charge on any atom is -0.488 e. The minimum atomic E-state index is -0.666. The van der Waals surface area contributed by atoms with Gasteiger partial charge in [0.05, 0.1) is 6.61 Å². The molecule has 2 rings (SSSR count). The maximum absolute atomic E-state index is 11.6. The van der Waals surface area contributed by atoms with E-state index in [0.717, 1.165) is 17.7 Å². The molecule has 3 nitrogen and oxygen atoms in total. The fourth-order valence-corrected chi connectivity index (χ4v) is 2.90. The third kappa shape index (κ3) is 6.43. The number of esters is 1. The zero-order chi connectivity index (χ0) is 18.3. The molecule has 0 aromatic heterocycles. The molecule has 0 aliphatic rings. The smallest absolute Gasteiger partial charge is 0.324 e. The predicted molar refractivity (Wildman–Crippen MR) is 101 cm³/mol. The Balaban J connectivity index is 1.94. The predicted octanol–water partition coefficient (Wildman–Crippen LogP) is 4.80. The van der Waals surface area contributed by atoms with Crippen LogP contribution in [0.25, 0.3) is 0 Å². The van der Waals surface area contributed by atoms with Crippen molar-refractivity contribution >= 4 is 17.6 Å². The SMILES string of the molecule is CCOC(=O)C(Cl)Cc1ccc(OC(C)(C)Cc2ccccc2)cc1. The van der Waals surface area contributed by atoms with Crippen molar-refractivity contribution in [2.24, 2.45) is 0 Å². The Bertz CT molecular complexity index is 665. The first-order valence-electron chi connectivity index (χ1n) is 8.52. The first kappa shape index (κ1) is 19.3. The topological polar surface area (TPSA) is 35.5 Å². The summed E-state index contributed by atoms with van der Waals surface area (Å²) in [5.74, 6) is 0.417. The largest absolute Gasteiger partial charge is 0.488 e. The van der Waals surface area contributed by atoms with Gasteiger partial charge in [0, 0.05) is 6.42 Å². The van der Waals surface area contributed by atoms with Gasteiger partial charge < -0.3 is 9.47 Å². The van der Waals surface area contributed by atoms with Crippen molar-refractivity contribution in [2.45, 2.75) is 44.6 Å². The number of ether oxygens (including phenoxy) is 2. The van der Waals surface area contributed by atoms with Crippen molar-refractivity contribution in [3.05, 3.63) is 65.7 Å². The molecule has 4 heteroatoms. The van der Waals surface area contributed by atoms with E-state index in [-0.39, 0.29) is 11.6 Å². The summed E-state index contributed by atoms with van der Waals surface area (Å²) < 4.78 is 11.1. The van der Waals surface area contributed by atoms with E-state index in [2.05, 4.69) is 26.0 Å². The highest BCUT2D eigenvalue weighted by atomic mass is 35.5. The quantitative estimate of drug-likeness (QED) is 0.501. The molecule has 0 bridgehead atoms. The van der Waals surface area contributed by atoms with Gasteiger partial charge in [-0.25, -0.2) is 0 Å². The summed E-state index contributed by atoms with van der Waals surface area (Å²) in [5, 5.41) is -0.666. The van der Waals surface area contributed by atoms with Crippen molar-refractivity contribution in [1.29, 1.82) is 0 Å². The van der Waals surface area contributed by atoms with Gasteiger partial charge in [0.25, 0.3) is 0 Å². The fraction of sp³-hybridized carbons (Fsp3) is 0.381. The molecule has 0 aliphatic carbocycles. The molecular weight excluding hydrogens is 336 g/mol. The number of benzene rings is 2. The standard InChI is InChI=1S/C21H25ClO3/c1-4-24-20(23)19(22)14-16-10-12-18(13-11-16)25-21(2,3)15-17-8-6-5-7-9-17/h5-13,19H,4,14-15H2,1-3H3. The first-order chi connectivity index (χ1) is 11.9. The van der Waals surface area contributed by atoms with E-state index in [4.69, 9.17) is 21.1 Å². The molecule has 0 saturated heterocycles. The van der Waals surface area contributed by atoms with Gasteiger partial charge in [-0.2, -0.15) is 0 Å². The molecule has 0 saturated carbocycles. The lowest BCUT2D eigenvalue weighted by atomic mass is 9.98. The van der Waals surface area contributed by atoms with Gasteiger partial charge in [-0.3, -0.25) is 4.79 Å². The highest BCUT2D eigenvalue weighted by Gasteiger charge is 2.21. The summed E-state index contributed by atoms with van der Waals surface area (Å²) in [6.45, 7) is 6.25. The third-order valence-corrected chi connectivity index (χ3v) is 4.08. The van der Waals surface area contributed by atoms with Crippen molar-refractivity contribution < 1.29 is 14.3 Å². The molecule has 2 aromatic carbocycles. The van der Waals surface area contributed by atoms with Gasteiger partial charge in [0.1, 0.15) is 16.7 Å². The van der Waals surface area contributed by atoms with E-state index < -0.39 is 5.38 Å². The third-order valence-electron chi connectivity index (χ3n) is 3.75. The van der Waals surface area contributed by atoms with Gasteiger partial charge in [-0.1, -0.05) is 42.5 Å². The average molecular weight is 361 g/mol. The molecule has 25 heavy (non-hydrogen) atoms. The molecular formula is C21H25ClO3. The molecule has 0 radical (unpaired) electrons. The molecule has 1 unspecified atom stereocenters. The number of halogens is 1. The van der Waals surface area contributed by atoms with E-state index in [1.807, 2.05) is 42.5 Å². The lowest BCUT2D eigenvalue weighted by Gasteiger charge is -2.27. The summed E-state index contributed by atoms with van der Waals surface area (Å²) in [6.07, 6.45) is 1.26. The summed E-state index contributed by atoms with van der Waals surface area (Å²) in [5.41, 5.74) is 1.90. The number of hydrogen-bond donors (Lipinski definition) is 0. The Morgan fingerprint density at radius 3 is 2.28 bits per heavy atom. The number of rotatable bonds is 8. The summed E-state index contributed by atoms with van der Waals surface area (Å²) in [6, 6.07) is 18.0. The molecule has 0 amide bonds. The van der Waals surface area contributed by atoms with Crippen LogP contribution in [0.3, 0.4) is 0 Å². The van der Waals surface area contributed by atoms with Crippen LogP contribution in [0, 0.1) is 0 Å². The van der Waals surface area contributed by atoms with Crippen LogP contribution in [-0.4, -0.2) is 23.6 Å². The molecule has 0 spiro atoms. The Hall–Kier alpha value is -2.00. The highest BCUT2D eigenvalue weighted by Crippen LogP contribution is 2.23. The van der Waals surface area contributed by atoms with Gasteiger partial charge >= 0.3 is 5.97 Å². The zero-order valence-corrected chi connectivity index (χ0v) is 15.8. The Labute approximate surface area is 154 Å². The van der Waals surface area contributed by atoms with E-state index >= 15 is 0 Å². The Morgan fingerprint density at radius 2 is 1.68 bits per heavy atom. The van der Waals surface area contributed by atoms with Gasteiger partial charge in [-0.05, 0) is 50.5 Å². The molecule has 0 aliphatic heterocycles. The number of hydrogen-bond acceptors (Lipinski definition) is 3. The molecule has 134 valence electrons. The van der Waals surface area contributed by atoms with Crippen LogP contribution < -0.4 is 4.74 Å². The van der Waals surface area contributed by atoms with Gasteiger partial charge in [-0.15, -0.1) is 11.6 Å². The fourth-order valence-electron chi connectivity index (χ4n) is 2.66. The highest BCUT2D eigenvalue weighted by molar-refractivity contribution is 6.30. The van der Waals surface area contributed by atoms with Crippen LogP contribution in [0.15, 0.2) is 54.6 Å². The molecule has 2 aromatic rings. The second-order valence-electron chi connectivity index (χ2n) is 6.59. The van der Waals surface area contributed by atoms with E-state index in [1.54, 1.807) is 6.92 Å². The second-order valence-corrected chi connectivity index (χ2v) is 7.12. The van der Waals surface area contributed by atoms with Crippen LogP contribution in [-0.2, 0) is 22.4 Å². The van der Waals surface area contributed by atoms with Crippen LogP contribution in [0.1, 0.15) is 31.9 Å². The van der Waals surface area contributed by atoms with E-state index in [9.17, 15) is 4.79 Å². The second kappa shape index (κ2) is 8.91. The number of alkyl halides is 1. The van der Waals surface area contributed by atoms with Crippen molar-refractivity contribution in [3.8, 4) is 5.75 Å². The number of carbonyl (C=O) groups is 1. The van der Waals surface area contributed by atoms with E-state index in [1.165, 1.54) is 5.56 Å². The van der Waals surface area contributed by atoms with E-state index in [0.29, 0.717) is 13.0 Å². The Kier molecular flexibility index (Phi) is 6.89. The normalized spacial score (nSPS) is 12.5. The minimum absolute atomic E-state index is 0.317.